The van der Waals surface area contributed by atoms with Gasteiger partial charge in [0.2, 0.25) is 5.91 Å². The molecule has 10 heteroatoms. The van der Waals surface area contributed by atoms with Gasteiger partial charge in [0, 0.05) is 35.9 Å². The lowest BCUT2D eigenvalue weighted by Crippen LogP contribution is -2.58. The van der Waals surface area contributed by atoms with Gasteiger partial charge in [-0.15, -0.1) is 0 Å². The Morgan fingerprint density at radius 1 is 1.40 bits per heavy atom. The topological polar surface area (TPSA) is 113 Å². The maximum absolute atomic E-state index is 14.5. The molecule has 0 radical (unpaired) electrons. The highest BCUT2D eigenvalue weighted by atomic mass is 35.5. The van der Waals surface area contributed by atoms with Crippen molar-refractivity contribution in [1.82, 2.24) is 24.8 Å². The number of carbonyl (C=O) groups is 1. The summed E-state index contributed by atoms with van der Waals surface area (Å²) in [5.74, 6) is -0.446. The standard InChI is InChI=1S/C20H23ClFN7O/c1-20(2,19(23)30)29-5-3-4-12(10-29)27-18-15(22)9-26-17(28-18)14-8-25-16-13(14)6-11(21)7-24-16/h6-9,12H,3-5,10H2,1-2H3,(H2,23,30)(H,24,25)(H,26,27,28). The van der Waals surface area contributed by atoms with Gasteiger partial charge in [-0.25, -0.2) is 19.3 Å². The van der Waals surface area contributed by atoms with Crippen LogP contribution in [0.25, 0.3) is 22.4 Å². The number of nitrogens with one attached hydrogen (secondary N) is 2. The molecule has 0 aromatic carbocycles. The number of hydrogen-bond acceptors (Lipinski definition) is 6. The number of aromatic amines is 1. The van der Waals surface area contributed by atoms with Crippen molar-refractivity contribution in [3.63, 3.8) is 0 Å². The third-order valence-electron chi connectivity index (χ3n) is 5.64. The molecule has 8 nitrogen and oxygen atoms in total. The zero-order chi connectivity index (χ0) is 21.5. The van der Waals surface area contributed by atoms with Crippen LogP contribution in [0.15, 0.2) is 24.7 Å². The van der Waals surface area contributed by atoms with Gasteiger partial charge in [-0.2, -0.15) is 0 Å². The van der Waals surface area contributed by atoms with Crippen molar-refractivity contribution in [3.05, 3.63) is 35.5 Å². The number of carbonyl (C=O) groups excluding carboxylic acids is 1. The van der Waals surface area contributed by atoms with E-state index in [1.807, 2.05) is 4.90 Å². The number of fused-ring (bicyclic) bond motifs is 1. The Balaban J connectivity index is 1.59. The van der Waals surface area contributed by atoms with Crippen LogP contribution in [-0.2, 0) is 4.79 Å². The van der Waals surface area contributed by atoms with Crippen LogP contribution in [0.1, 0.15) is 26.7 Å². The van der Waals surface area contributed by atoms with Gasteiger partial charge in [0.1, 0.15) is 5.65 Å². The molecule has 0 bridgehead atoms. The van der Waals surface area contributed by atoms with Crippen LogP contribution in [0.5, 0.6) is 0 Å². The third-order valence-corrected chi connectivity index (χ3v) is 5.85. The number of likely N-dealkylation sites (tertiary alicyclic amines) is 1. The molecular weight excluding hydrogens is 409 g/mol. The molecule has 1 aliphatic rings. The summed E-state index contributed by atoms with van der Waals surface area (Å²) >= 11 is 6.07. The van der Waals surface area contributed by atoms with Crippen LogP contribution in [0.4, 0.5) is 10.2 Å². The Hall–Kier alpha value is -2.78. The summed E-state index contributed by atoms with van der Waals surface area (Å²) in [5.41, 5.74) is 6.11. The molecule has 1 saturated heterocycles. The second-order valence-electron chi connectivity index (χ2n) is 7.99. The third kappa shape index (κ3) is 3.82. The summed E-state index contributed by atoms with van der Waals surface area (Å²) in [6.07, 6.45) is 6.11. The van der Waals surface area contributed by atoms with E-state index in [1.54, 1.807) is 32.3 Å². The van der Waals surface area contributed by atoms with Crippen molar-refractivity contribution in [2.45, 2.75) is 38.3 Å². The highest BCUT2D eigenvalue weighted by molar-refractivity contribution is 6.31. The maximum Gasteiger partial charge on any atom is 0.237 e. The fourth-order valence-electron chi connectivity index (χ4n) is 3.71. The van der Waals surface area contributed by atoms with Crippen LogP contribution in [0, 0.1) is 5.82 Å². The van der Waals surface area contributed by atoms with Crippen molar-refractivity contribution >= 4 is 34.4 Å². The molecule has 1 unspecified atom stereocenters. The second kappa shape index (κ2) is 7.81. The summed E-state index contributed by atoms with van der Waals surface area (Å²) in [6, 6.07) is 1.69. The Kier molecular flexibility index (Phi) is 5.33. The zero-order valence-electron chi connectivity index (χ0n) is 16.7. The number of halogens is 2. The Bertz CT molecular complexity index is 1100. The number of pyridine rings is 1. The van der Waals surface area contributed by atoms with Gasteiger partial charge in [0.25, 0.3) is 0 Å². The summed E-state index contributed by atoms with van der Waals surface area (Å²) in [7, 11) is 0. The largest absolute Gasteiger partial charge is 0.368 e. The van der Waals surface area contributed by atoms with Crippen LogP contribution in [-0.4, -0.2) is 55.4 Å². The highest BCUT2D eigenvalue weighted by Gasteiger charge is 2.36. The SMILES string of the molecule is CC(C)(C(N)=O)N1CCCC(Nc2nc(-c3c[nH]c4ncc(Cl)cc34)ncc2F)C1. The van der Waals surface area contributed by atoms with Crippen LogP contribution in [0.2, 0.25) is 5.02 Å². The monoisotopic (exact) mass is 431 g/mol. The zero-order valence-corrected chi connectivity index (χ0v) is 17.5. The van der Waals surface area contributed by atoms with Gasteiger partial charge in [-0.05, 0) is 39.3 Å². The molecule has 1 atom stereocenters. The number of nitrogens with two attached hydrogens (primary N) is 1. The average molecular weight is 432 g/mol. The van der Waals surface area contributed by atoms with Gasteiger partial charge in [-0.3, -0.25) is 9.69 Å². The second-order valence-corrected chi connectivity index (χ2v) is 8.43. The molecule has 4 rings (SSSR count). The van der Waals surface area contributed by atoms with Gasteiger partial charge in [0.15, 0.2) is 17.5 Å². The minimum Gasteiger partial charge on any atom is -0.368 e. The number of anilines is 1. The number of nitrogens with zero attached hydrogens (tertiary/aromatic N) is 4. The summed E-state index contributed by atoms with van der Waals surface area (Å²) in [5, 5.41) is 4.43. The summed E-state index contributed by atoms with van der Waals surface area (Å²) < 4.78 is 14.5. The lowest BCUT2D eigenvalue weighted by Gasteiger charge is -2.41. The van der Waals surface area contributed by atoms with E-state index >= 15 is 0 Å². The van der Waals surface area contributed by atoms with Crippen LogP contribution >= 0.6 is 11.6 Å². The molecule has 3 aromatic rings. The maximum atomic E-state index is 14.5. The molecule has 0 spiro atoms. The van der Waals surface area contributed by atoms with E-state index in [-0.39, 0.29) is 17.8 Å². The quantitative estimate of drug-likeness (QED) is 0.572. The van der Waals surface area contributed by atoms with Crippen molar-refractivity contribution in [2.75, 3.05) is 18.4 Å². The molecule has 1 fully saturated rings. The number of aromatic nitrogens is 4. The molecule has 4 heterocycles. The van der Waals surface area contributed by atoms with Crippen molar-refractivity contribution in [1.29, 1.82) is 0 Å². The van der Waals surface area contributed by atoms with Crippen molar-refractivity contribution in [3.8, 4) is 11.4 Å². The number of piperidine rings is 1. The molecule has 0 saturated carbocycles. The molecule has 3 aromatic heterocycles. The smallest absolute Gasteiger partial charge is 0.237 e. The Morgan fingerprint density at radius 3 is 2.97 bits per heavy atom. The van der Waals surface area contributed by atoms with Crippen LogP contribution < -0.4 is 11.1 Å². The normalized spacial score (nSPS) is 17.9. The van der Waals surface area contributed by atoms with Gasteiger partial charge in [-0.1, -0.05) is 11.6 Å². The van der Waals surface area contributed by atoms with E-state index in [0.717, 1.165) is 31.0 Å². The molecule has 30 heavy (non-hydrogen) atoms. The molecule has 1 aliphatic heterocycles. The van der Waals surface area contributed by atoms with Gasteiger partial charge in [0.05, 0.1) is 16.8 Å². The lowest BCUT2D eigenvalue weighted by molar-refractivity contribution is -0.129. The van der Waals surface area contributed by atoms with Crippen molar-refractivity contribution < 1.29 is 9.18 Å². The molecule has 158 valence electrons. The average Bonchev–Trinajstić information content (AvgIpc) is 3.13. The fourth-order valence-corrected chi connectivity index (χ4v) is 3.87. The molecular formula is C20H23ClFN7O. The van der Waals surface area contributed by atoms with Gasteiger partial charge < -0.3 is 16.0 Å². The first kappa shape index (κ1) is 20.5. The number of rotatable bonds is 5. The highest BCUT2D eigenvalue weighted by Crippen LogP contribution is 2.29. The predicted molar refractivity (Wildman–Crippen MR) is 114 cm³/mol. The van der Waals surface area contributed by atoms with E-state index in [4.69, 9.17) is 17.3 Å². The van der Waals surface area contributed by atoms with E-state index in [2.05, 4.69) is 25.3 Å². The van der Waals surface area contributed by atoms with E-state index in [9.17, 15) is 9.18 Å². The Morgan fingerprint density at radius 2 is 2.20 bits per heavy atom. The predicted octanol–water partition coefficient (Wildman–Crippen LogP) is 2.95. The first-order valence-corrected chi connectivity index (χ1v) is 10.1. The molecule has 1 amide bonds. The van der Waals surface area contributed by atoms with E-state index in [1.165, 1.54) is 0 Å². The number of H-pyrrole nitrogens is 1. The summed E-state index contributed by atoms with van der Waals surface area (Å²) in [6.45, 7) is 4.92. The van der Waals surface area contributed by atoms with Crippen molar-refractivity contribution in [2.24, 2.45) is 5.73 Å². The molecule has 4 N–H and O–H groups in total. The molecule has 0 aliphatic carbocycles. The lowest BCUT2D eigenvalue weighted by atomic mass is 9.96. The first-order valence-electron chi connectivity index (χ1n) is 9.72. The first-order chi connectivity index (χ1) is 14.3. The Labute approximate surface area is 178 Å². The number of primary amides is 1. The summed E-state index contributed by atoms with van der Waals surface area (Å²) in [4.78, 5) is 29.7. The van der Waals surface area contributed by atoms with Gasteiger partial charge >= 0.3 is 0 Å². The van der Waals surface area contributed by atoms with E-state index < -0.39 is 11.4 Å². The van der Waals surface area contributed by atoms with E-state index in [0.29, 0.717) is 28.6 Å². The number of hydrogen-bond donors (Lipinski definition) is 3. The minimum absolute atomic E-state index is 0.0753. The fraction of sp³-hybridized carbons (Fsp3) is 0.400. The van der Waals surface area contributed by atoms with Crippen LogP contribution in [0.3, 0.4) is 0 Å². The number of amides is 1. The minimum atomic E-state index is -0.772.